The minimum atomic E-state index is -0.551. The monoisotopic (exact) mass is 157 g/mol. The highest BCUT2D eigenvalue weighted by molar-refractivity contribution is 5.51. The zero-order chi connectivity index (χ0) is 8.43. The number of anilines is 1. The van der Waals surface area contributed by atoms with Crippen molar-refractivity contribution in [3.63, 3.8) is 0 Å². The highest BCUT2D eigenvalue weighted by Crippen LogP contribution is 2.19. The van der Waals surface area contributed by atoms with Crippen molar-refractivity contribution in [2.75, 3.05) is 12.4 Å². The van der Waals surface area contributed by atoms with E-state index in [-0.39, 0.29) is 0 Å². The van der Waals surface area contributed by atoms with Gasteiger partial charge in [0, 0.05) is 13.1 Å². The average Bonchev–Trinajstić information content (AvgIpc) is 1.85. The van der Waals surface area contributed by atoms with Crippen LogP contribution in [0.15, 0.2) is 12.1 Å². The first-order valence-corrected chi connectivity index (χ1v) is 3.28. The van der Waals surface area contributed by atoms with Crippen molar-refractivity contribution in [3.8, 4) is 0 Å². The van der Waals surface area contributed by atoms with Crippen LogP contribution in [0.4, 0.5) is 14.5 Å². The molecule has 0 aliphatic heterocycles. The van der Waals surface area contributed by atoms with Crippen molar-refractivity contribution >= 4 is 5.69 Å². The average molecular weight is 157 g/mol. The fourth-order valence-electron chi connectivity index (χ4n) is 1.02. The maximum atomic E-state index is 12.8. The first-order chi connectivity index (χ1) is 5.15. The molecule has 1 rings (SSSR count). The van der Waals surface area contributed by atoms with Gasteiger partial charge >= 0.3 is 0 Å². The summed E-state index contributed by atoms with van der Waals surface area (Å²) in [4.78, 5) is 0. The Bertz CT molecular complexity index is 248. The Morgan fingerprint density at radius 3 is 2.36 bits per heavy atom. The quantitative estimate of drug-likeness (QED) is 0.659. The van der Waals surface area contributed by atoms with Crippen molar-refractivity contribution in [1.29, 1.82) is 0 Å². The van der Waals surface area contributed by atoms with Gasteiger partial charge in [-0.25, -0.2) is 8.78 Å². The summed E-state index contributed by atoms with van der Waals surface area (Å²) in [6, 6.07) is 2.15. The lowest BCUT2D eigenvalue weighted by Gasteiger charge is -2.05. The highest BCUT2D eigenvalue weighted by Gasteiger charge is 2.05. The van der Waals surface area contributed by atoms with E-state index in [0.29, 0.717) is 11.3 Å². The van der Waals surface area contributed by atoms with E-state index in [1.54, 1.807) is 14.0 Å². The lowest BCUT2D eigenvalue weighted by Crippen LogP contribution is -1.96. The first kappa shape index (κ1) is 7.98. The van der Waals surface area contributed by atoms with Crippen molar-refractivity contribution in [2.24, 2.45) is 0 Å². The van der Waals surface area contributed by atoms with Gasteiger partial charge in [-0.1, -0.05) is 0 Å². The second-order valence-electron chi connectivity index (χ2n) is 2.33. The van der Waals surface area contributed by atoms with Gasteiger partial charge in [0.25, 0.3) is 0 Å². The molecule has 0 heterocycles. The molecule has 1 aromatic carbocycles. The van der Waals surface area contributed by atoms with Crippen LogP contribution in [-0.4, -0.2) is 7.05 Å². The largest absolute Gasteiger partial charge is 0.386 e. The number of hydrogen-bond donors (Lipinski definition) is 1. The lowest BCUT2D eigenvalue weighted by molar-refractivity contribution is 0.584. The molecule has 0 aliphatic carbocycles. The third kappa shape index (κ3) is 1.48. The number of nitrogens with one attached hydrogen (secondary N) is 1. The second-order valence-corrected chi connectivity index (χ2v) is 2.33. The number of halogens is 2. The van der Waals surface area contributed by atoms with Gasteiger partial charge < -0.3 is 5.32 Å². The number of aryl methyl sites for hydroxylation is 1. The first-order valence-electron chi connectivity index (χ1n) is 3.28. The van der Waals surface area contributed by atoms with Gasteiger partial charge in [-0.2, -0.15) is 0 Å². The highest BCUT2D eigenvalue weighted by atomic mass is 19.1. The fourth-order valence-corrected chi connectivity index (χ4v) is 1.02. The minimum Gasteiger partial charge on any atom is -0.386 e. The van der Waals surface area contributed by atoms with Crippen LogP contribution in [0.2, 0.25) is 0 Å². The Labute approximate surface area is 64.0 Å². The second kappa shape index (κ2) is 2.86. The van der Waals surface area contributed by atoms with Crippen LogP contribution in [0.5, 0.6) is 0 Å². The Morgan fingerprint density at radius 2 is 1.91 bits per heavy atom. The molecule has 1 N–H and O–H groups in total. The van der Waals surface area contributed by atoms with Crippen LogP contribution in [0.3, 0.4) is 0 Å². The van der Waals surface area contributed by atoms with Gasteiger partial charge in [0.05, 0.1) is 5.69 Å². The molecule has 60 valence electrons. The summed E-state index contributed by atoms with van der Waals surface area (Å²) in [7, 11) is 1.60. The minimum absolute atomic E-state index is 0.353. The number of hydrogen-bond acceptors (Lipinski definition) is 1. The van der Waals surface area contributed by atoms with Crippen molar-refractivity contribution in [2.45, 2.75) is 6.92 Å². The molecule has 3 heteroatoms. The van der Waals surface area contributed by atoms with E-state index in [9.17, 15) is 8.78 Å². The van der Waals surface area contributed by atoms with Gasteiger partial charge in [0.1, 0.15) is 11.6 Å². The Kier molecular flexibility index (Phi) is 2.08. The molecule has 0 amide bonds. The van der Waals surface area contributed by atoms with E-state index >= 15 is 0 Å². The maximum absolute atomic E-state index is 12.8. The molecule has 1 nitrogen and oxygen atoms in total. The Morgan fingerprint density at radius 1 is 1.27 bits per heavy atom. The molecule has 11 heavy (non-hydrogen) atoms. The number of benzene rings is 1. The molecule has 0 bridgehead atoms. The fraction of sp³-hybridized carbons (Fsp3) is 0.250. The van der Waals surface area contributed by atoms with E-state index in [1.807, 2.05) is 0 Å². The van der Waals surface area contributed by atoms with Crippen LogP contribution in [-0.2, 0) is 0 Å². The van der Waals surface area contributed by atoms with Crippen LogP contribution >= 0.6 is 0 Å². The molecule has 1 aromatic rings. The molecule has 0 radical (unpaired) electrons. The van der Waals surface area contributed by atoms with E-state index in [1.165, 1.54) is 6.07 Å². The van der Waals surface area contributed by atoms with E-state index < -0.39 is 11.6 Å². The normalized spacial score (nSPS) is 9.82. The van der Waals surface area contributed by atoms with Gasteiger partial charge in [-0.15, -0.1) is 0 Å². The zero-order valence-corrected chi connectivity index (χ0v) is 6.41. The van der Waals surface area contributed by atoms with Gasteiger partial charge in [0.15, 0.2) is 0 Å². The van der Waals surface area contributed by atoms with Crippen LogP contribution in [0.25, 0.3) is 0 Å². The third-order valence-electron chi connectivity index (χ3n) is 1.50. The van der Waals surface area contributed by atoms with Crippen LogP contribution < -0.4 is 5.32 Å². The summed E-state index contributed by atoms with van der Waals surface area (Å²) >= 11 is 0. The molecular weight excluding hydrogens is 148 g/mol. The molecule has 0 saturated carbocycles. The summed E-state index contributed by atoms with van der Waals surface area (Å²) in [5.41, 5.74) is 0.927. The zero-order valence-electron chi connectivity index (χ0n) is 6.41. The summed E-state index contributed by atoms with van der Waals surface area (Å²) in [5.74, 6) is -1.09. The molecule has 0 unspecified atom stereocenters. The lowest BCUT2D eigenvalue weighted by atomic mass is 10.2. The van der Waals surface area contributed by atoms with E-state index in [0.717, 1.165) is 6.07 Å². The van der Waals surface area contributed by atoms with Crippen LogP contribution in [0, 0.1) is 18.6 Å². The maximum Gasteiger partial charge on any atom is 0.149 e. The topological polar surface area (TPSA) is 12.0 Å². The summed E-state index contributed by atoms with van der Waals surface area (Å²) in [6.45, 7) is 1.65. The van der Waals surface area contributed by atoms with E-state index in [2.05, 4.69) is 5.32 Å². The van der Waals surface area contributed by atoms with Gasteiger partial charge in [0.2, 0.25) is 0 Å². The van der Waals surface area contributed by atoms with Crippen molar-refractivity contribution in [1.82, 2.24) is 0 Å². The molecule has 0 aromatic heterocycles. The molecule has 0 spiro atoms. The smallest absolute Gasteiger partial charge is 0.149 e. The molecule has 0 aliphatic rings. The molecular formula is C8H9F2N. The Hall–Kier alpha value is -1.12. The summed E-state index contributed by atoms with van der Waals surface area (Å²) in [6.07, 6.45) is 0. The standard InChI is InChI=1S/C8H9F2N/c1-5-3-6(9)4-7(10)8(5)11-2/h3-4,11H,1-2H3. The number of rotatable bonds is 1. The third-order valence-corrected chi connectivity index (χ3v) is 1.50. The predicted octanol–water partition coefficient (Wildman–Crippen LogP) is 2.31. The summed E-state index contributed by atoms with van der Waals surface area (Å²) in [5, 5.41) is 2.65. The SMILES string of the molecule is CNc1c(C)cc(F)cc1F. The van der Waals surface area contributed by atoms with Crippen molar-refractivity contribution in [3.05, 3.63) is 29.3 Å². The van der Waals surface area contributed by atoms with Crippen LogP contribution in [0.1, 0.15) is 5.56 Å². The molecule has 0 atom stereocenters. The van der Waals surface area contributed by atoms with Gasteiger partial charge in [-0.05, 0) is 18.6 Å². The molecule has 0 fully saturated rings. The Balaban J connectivity index is 3.25. The summed E-state index contributed by atoms with van der Waals surface area (Å²) < 4.78 is 25.3. The van der Waals surface area contributed by atoms with E-state index in [4.69, 9.17) is 0 Å². The van der Waals surface area contributed by atoms with Crippen molar-refractivity contribution < 1.29 is 8.78 Å². The molecule has 0 saturated heterocycles. The predicted molar refractivity (Wildman–Crippen MR) is 40.6 cm³/mol. The van der Waals surface area contributed by atoms with Gasteiger partial charge in [-0.3, -0.25) is 0 Å².